The Morgan fingerprint density at radius 3 is 2.00 bits per heavy atom. The summed E-state index contributed by atoms with van der Waals surface area (Å²) in [6.07, 6.45) is -4.25. The molecule has 1 saturated heterocycles. The predicted octanol–water partition coefficient (Wildman–Crippen LogP) is 1.99. The highest BCUT2D eigenvalue weighted by Gasteiger charge is 2.44. The van der Waals surface area contributed by atoms with Crippen LogP contribution in [0.25, 0.3) is 0 Å². The van der Waals surface area contributed by atoms with Gasteiger partial charge in [0.1, 0.15) is 0 Å². The molecule has 0 aliphatic carbocycles. The molecule has 0 aromatic heterocycles. The van der Waals surface area contributed by atoms with E-state index in [1.165, 1.54) is 0 Å². The van der Waals surface area contributed by atoms with Crippen molar-refractivity contribution in [3.63, 3.8) is 0 Å². The standard InChI is InChI=1S/C8H15F3N2/c1-7(2,3)6-4-12-13(5-6)8(9,10)11/h6,12H,4-5H2,1-3H3. The highest BCUT2D eigenvalue weighted by Crippen LogP contribution is 2.32. The van der Waals surface area contributed by atoms with E-state index < -0.39 is 6.30 Å². The second-order valence-corrected chi connectivity index (χ2v) is 4.50. The molecule has 0 spiro atoms. The van der Waals surface area contributed by atoms with E-state index in [9.17, 15) is 13.2 Å². The molecule has 1 heterocycles. The molecule has 0 bridgehead atoms. The second kappa shape index (κ2) is 3.13. The summed E-state index contributed by atoms with van der Waals surface area (Å²) in [5, 5.41) is 0.364. The first-order valence-corrected chi connectivity index (χ1v) is 4.29. The van der Waals surface area contributed by atoms with Gasteiger partial charge in [-0.25, -0.2) is 5.43 Å². The van der Waals surface area contributed by atoms with Crippen molar-refractivity contribution in [3.8, 4) is 0 Å². The predicted molar refractivity (Wildman–Crippen MR) is 43.7 cm³/mol. The first-order valence-electron chi connectivity index (χ1n) is 4.29. The van der Waals surface area contributed by atoms with Gasteiger partial charge in [0.05, 0.1) is 0 Å². The summed E-state index contributed by atoms with van der Waals surface area (Å²) in [5.41, 5.74) is 2.29. The van der Waals surface area contributed by atoms with E-state index in [4.69, 9.17) is 0 Å². The molecule has 2 nitrogen and oxygen atoms in total. The largest absolute Gasteiger partial charge is 0.473 e. The number of hydrazine groups is 1. The minimum Gasteiger partial charge on any atom is -0.248 e. The van der Waals surface area contributed by atoms with Crippen LogP contribution in [0.3, 0.4) is 0 Å². The van der Waals surface area contributed by atoms with E-state index >= 15 is 0 Å². The average Bonchev–Trinajstić information content (AvgIpc) is 2.28. The van der Waals surface area contributed by atoms with Gasteiger partial charge in [0.25, 0.3) is 0 Å². The smallest absolute Gasteiger partial charge is 0.248 e. The Bertz CT molecular complexity index is 163. The van der Waals surface area contributed by atoms with E-state index in [0.717, 1.165) is 0 Å². The zero-order chi connectivity index (χ0) is 10.3. The van der Waals surface area contributed by atoms with Crippen LogP contribution >= 0.6 is 0 Å². The van der Waals surface area contributed by atoms with Gasteiger partial charge in [0.2, 0.25) is 0 Å². The molecule has 1 atom stereocenters. The Morgan fingerprint density at radius 2 is 1.77 bits per heavy atom. The van der Waals surface area contributed by atoms with Crippen LogP contribution in [0.15, 0.2) is 0 Å². The SMILES string of the molecule is CC(C)(C)C1CNN(C(F)(F)F)C1. The zero-order valence-electron chi connectivity index (χ0n) is 8.07. The van der Waals surface area contributed by atoms with Crippen molar-refractivity contribution in [1.29, 1.82) is 0 Å². The molecule has 1 unspecified atom stereocenters. The zero-order valence-corrected chi connectivity index (χ0v) is 8.07. The molecule has 0 saturated carbocycles. The van der Waals surface area contributed by atoms with E-state index in [1.54, 1.807) is 0 Å². The summed E-state index contributed by atoms with van der Waals surface area (Å²) in [4.78, 5) is 0. The normalized spacial score (nSPS) is 26.8. The van der Waals surface area contributed by atoms with Crippen molar-refractivity contribution in [2.75, 3.05) is 13.1 Å². The van der Waals surface area contributed by atoms with Crippen LogP contribution in [0.1, 0.15) is 20.8 Å². The van der Waals surface area contributed by atoms with Gasteiger partial charge in [0, 0.05) is 13.1 Å². The molecule has 1 rings (SSSR count). The number of halogens is 3. The van der Waals surface area contributed by atoms with Crippen LogP contribution in [0.2, 0.25) is 0 Å². The third-order valence-corrected chi connectivity index (χ3v) is 2.46. The first-order chi connectivity index (χ1) is 5.71. The van der Waals surface area contributed by atoms with Crippen molar-refractivity contribution < 1.29 is 13.2 Å². The van der Waals surface area contributed by atoms with Crippen molar-refractivity contribution in [1.82, 2.24) is 10.4 Å². The van der Waals surface area contributed by atoms with Crippen LogP contribution in [0, 0.1) is 11.3 Å². The number of alkyl halides is 3. The summed E-state index contributed by atoms with van der Waals surface area (Å²) in [7, 11) is 0. The summed E-state index contributed by atoms with van der Waals surface area (Å²) < 4.78 is 36.6. The van der Waals surface area contributed by atoms with Crippen molar-refractivity contribution in [3.05, 3.63) is 0 Å². The third kappa shape index (κ3) is 2.57. The maximum Gasteiger partial charge on any atom is 0.473 e. The van der Waals surface area contributed by atoms with Crippen molar-refractivity contribution >= 4 is 0 Å². The quantitative estimate of drug-likeness (QED) is 0.596. The molecule has 78 valence electrons. The molecule has 1 aliphatic rings. The van der Waals surface area contributed by atoms with Crippen LogP contribution < -0.4 is 5.43 Å². The highest BCUT2D eigenvalue weighted by molar-refractivity contribution is 4.83. The van der Waals surface area contributed by atoms with E-state index in [2.05, 4.69) is 5.43 Å². The molecule has 1 fully saturated rings. The Labute approximate surface area is 76.1 Å². The van der Waals surface area contributed by atoms with E-state index in [0.29, 0.717) is 11.6 Å². The monoisotopic (exact) mass is 196 g/mol. The fourth-order valence-corrected chi connectivity index (χ4v) is 1.34. The topological polar surface area (TPSA) is 15.3 Å². The molecular weight excluding hydrogens is 181 g/mol. The summed E-state index contributed by atoms with van der Waals surface area (Å²) >= 11 is 0. The second-order valence-electron chi connectivity index (χ2n) is 4.50. The molecule has 0 aromatic carbocycles. The summed E-state index contributed by atoms with van der Waals surface area (Å²) in [6, 6.07) is 0. The third-order valence-electron chi connectivity index (χ3n) is 2.46. The fraction of sp³-hybridized carbons (Fsp3) is 1.00. The van der Waals surface area contributed by atoms with Crippen LogP contribution in [0.5, 0.6) is 0 Å². The van der Waals surface area contributed by atoms with Gasteiger partial charge >= 0.3 is 6.30 Å². The molecule has 1 aliphatic heterocycles. The Balaban J connectivity index is 2.55. The molecule has 1 N–H and O–H groups in total. The Hall–Kier alpha value is -0.290. The minimum atomic E-state index is -4.25. The molecule has 0 amide bonds. The number of rotatable bonds is 0. The Kier molecular flexibility index (Phi) is 2.60. The lowest BCUT2D eigenvalue weighted by atomic mass is 9.81. The van der Waals surface area contributed by atoms with Crippen LogP contribution in [-0.2, 0) is 0 Å². The van der Waals surface area contributed by atoms with Gasteiger partial charge < -0.3 is 0 Å². The van der Waals surface area contributed by atoms with Gasteiger partial charge in [-0.3, -0.25) is 0 Å². The summed E-state index contributed by atoms with van der Waals surface area (Å²) in [5.74, 6) is 0.0501. The van der Waals surface area contributed by atoms with Crippen molar-refractivity contribution in [2.24, 2.45) is 11.3 Å². The lowest BCUT2D eigenvalue weighted by Crippen LogP contribution is -2.43. The van der Waals surface area contributed by atoms with Gasteiger partial charge in [-0.2, -0.15) is 18.2 Å². The van der Waals surface area contributed by atoms with Gasteiger partial charge in [0.15, 0.2) is 0 Å². The summed E-state index contributed by atoms with van der Waals surface area (Å²) in [6.45, 7) is 6.33. The maximum atomic E-state index is 12.2. The molecule has 0 radical (unpaired) electrons. The Morgan fingerprint density at radius 1 is 1.23 bits per heavy atom. The van der Waals surface area contributed by atoms with Gasteiger partial charge in [-0.15, -0.1) is 0 Å². The number of nitrogens with zero attached hydrogens (tertiary/aromatic N) is 1. The van der Waals surface area contributed by atoms with Crippen molar-refractivity contribution in [2.45, 2.75) is 27.1 Å². The van der Waals surface area contributed by atoms with Gasteiger partial charge in [-0.1, -0.05) is 20.8 Å². The lowest BCUT2D eigenvalue weighted by molar-refractivity contribution is -0.255. The number of hydrogen-bond acceptors (Lipinski definition) is 2. The number of hydrogen-bond donors (Lipinski definition) is 1. The number of nitrogens with one attached hydrogen (secondary N) is 1. The van der Waals surface area contributed by atoms with Crippen LogP contribution in [0.4, 0.5) is 13.2 Å². The average molecular weight is 196 g/mol. The first kappa shape index (κ1) is 10.8. The van der Waals surface area contributed by atoms with Crippen LogP contribution in [-0.4, -0.2) is 24.4 Å². The fourth-order valence-electron chi connectivity index (χ4n) is 1.34. The highest BCUT2D eigenvalue weighted by atomic mass is 19.4. The van der Waals surface area contributed by atoms with E-state index in [1.807, 2.05) is 20.8 Å². The molecule has 13 heavy (non-hydrogen) atoms. The maximum absolute atomic E-state index is 12.2. The minimum absolute atomic E-state index is 0.0486. The molecular formula is C8H15F3N2. The molecule has 0 aromatic rings. The lowest BCUT2D eigenvalue weighted by Gasteiger charge is -2.26. The van der Waals surface area contributed by atoms with Gasteiger partial charge in [-0.05, 0) is 11.3 Å². The van der Waals surface area contributed by atoms with E-state index in [-0.39, 0.29) is 17.9 Å². The molecule has 5 heteroatoms.